The summed E-state index contributed by atoms with van der Waals surface area (Å²) >= 11 is 0. The Kier molecular flexibility index (Phi) is 10.8. The fourth-order valence-corrected chi connectivity index (χ4v) is 3.31. The lowest BCUT2D eigenvalue weighted by Gasteiger charge is -2.27. The first kappa shape index (κ1) is 30.1. The molecule has 208 valence electrons. The van der Waals surface area contributed by atoms with Crippen LogP contribution in [0, 0.1) is 20.2 Å². The summed E-state index contributed by atoms with van der Waals surface area (Å²) in [4.78, 5) is 57.9. The van der Waals surface area contributed by atoms with Crippen LogP contribution < -0.4 is 15.0 Å². The first-order valence-electron chi connectivity index (χ1n) is 11.2. The van der Waals surface area contributed by atoms with Gasteiger partial charge in [-0.25, -0.2) is 0 Å². The smallest absolute Gasteiger partial charge is 0.307 e. The Balaban J connectivity index is 2.59. The van der Waals surface area contributed by atoms with Crippen LogP contribution >= 0.6 is 0 Å². The normalized spacial score (nSPS) is 10.6. The van der Waals surface area contributed by atoms with E-state index in [-0.39, 0.29) is 48.7 Å². The minimum absolute atomic E-state index is 0.0262. The van der Waals surface area contributed by atoms with Crippen LogP contribution in [0.25, 0.3) is 0 Å². The Morgan fingerprint density at radius 1 is 0.897 bits per heavy atom. The Bertz CT molecular complexity index is 1280. The number of anilines is 2. The second-order valence-electron chi connectivity index (χ2n) is 7.75. The van der Waals surface area contributed by atoms with Crippen LogP contribution in [0.4, 0.5) is 34.1 Å². The van der Waals surface area contributed by atoms with E-state index in [1.54, 1.807) is 4.90 Å². The molecule has 2 aromatic carbocycles. The summed E-state index contributed by atoms with van der Waals surface area (Å²) in [6, 6.07) is 5.75. The molecule has 0 saturated heterocycles. The zero-order valence-electron chi connectivity index (χ0n) is 21.5. The molecule has 1 amide bonds. The van der Waals surface area contributed by atoms with Crippen LogP contribution in [0.1, 0.15) is 19.8 Å². The van der Waals surface area contributed by atoms with Gasteiger partial charge in [-0.05, 0) is 12.1 Å². The summed E-state index contributed by atoms with van der Waals surface area (Å²) in [5, 5.41) is 32.9. The Labute approximate surface area is 221 Å². The minimum Gasteiger partial charge on any atom is -0.494 e. The van der Waals surface area contributed by atoms with Crippen molar-refractivity contribution in [1.29, 1.82) is 0 Å². The number of nitro groups is 2. The molecule has 0 aromatic heterocycles. The predicted octanol–water partition coefficient (Wildman–Crippen LogP) is 3.82. The highest BCUT2D eigenvalue weighted by molar-refractivity contribution is 5.94. The van der Waals surface area contributed by atoms with Gasteiger partial charge in [0, 0.05) is 32.1 Å². The lowest BCUT2D eigenvalue weighted by molar-refractivity contribution is -0.393. The third-order valence-electron chi connectivity index (χ3n) is 5.21. The van der Waals surface area contributed by atoms with E-state index in [2.05, 4.69) is 15.5 Å². The van der Waals surface area contributed by atoms with Crippen molar-refractivity contribution in [3.8, 4) is 5.75 Å². The van der Waals surface area contributed by atoms with E-state index in [4.69, 9.17) is 14.2 Å². The highest BCUT2D eigenvalue weighted by Crippen LogP contribution is 2.40. The number of carbonyl (C=O) groups excluding carboxylic acids is 3. The number of rotatable bonds is 13. The maximum Gasteiger partial charge on any atom is 0.307 e. The molecule has 0 saturated carbocycles. The summed E-state index contributed by atoms with van der Waals surface area (Å²) < 4.78 is 14.9. The molecule has 0 heterocycles. The minimum atomic E-state index is -0.833. The average molecular weight is 546 g/mol. The SMILES string of the molecule is COC(=O)CCN(CCC(=O)OC)c1cc(NC(C)=O)c(N=Nc2ccc([N+](=O)[O-])cc2[N+](=O)[O-])cc1OC. The number of ether oxygens (including phenoxy) is 3. The number of methoxy groups -OCH3 is 3. The average Bonchev–Trinajstić information content (AvgIpc) is 2.91. The molecule has 0 unspecified atom stereocenters. The molecule has 0 aliphatic rings. The molecule has 0 atom stereocenters. The standard InChI is InChI=1S/C23H26N6O10/c1-14(30)24-17-12-20(27(9-7-22(31)38-3)10-8-23(32)39-4)21(37-2)13-18(17)26-25-16-6-5-15(28(33)34)11-19(16)29(35)36/h5-6,11-13H,7-10H2,1-4H3,(H,24,30). The number of nitrogens with one attached hydrogen (secondary N) is 1. The van der Waals surface area contributed by atoms with Crippen molar-refractivity contribution < 1.29 is 38.4 Å². The number of non-ortho nitro benzene ring substituents is 1. The number of nitrogens with zero attached hydrogens (tertiary/aromatic N) is 5. The molecule has 0 radical (unpaired) electrons. The van der Waals surface area contributed by atoms with E-state index < -0.39 is 39.1 Å². The number of nitro benzene ring substituents is 2. The molecule has 2 aromatic rings. The van der Waals surface area contributed by atoms with Gasteiger partial charge in [-0.2, -0.15) is 0 Å². The van der Waals surface area contributed by atoms with Gasteiger partial charge in [-0.1, -0.05) is 0 Å². The summed E-state index contributed by atoms with van der Waals surface area (Å²) in [6.07, 6.45) is -0.0524. The molecule has 39 heavy (non-hydrogen) atoms. The van der Waals surface area contributed by atoms with Crippen molar-refractivity contribution in [3.63, 3.8) is 0 Å². The third-order valence-corrected chi connectivity index (χ3v) is 5.21. The van der Waals surface area contributed by atoms with Gasteiger partial charge in [-0.3, -0.25) is 34.6 Å². The maximum absolute atomic E-state index is 11.9. The second-order valence-corrected chi connectivity index (χ2v) is 7.75. The first-order valence-corrected chi connectivity index (χ1v) is 11.2. The van der Waals surface area contributed by atoms with Crippen LogP contribution in [0.3, 0.4) is 0 Å². The van der Waals surface area contributed by atoms with Crippen molar-refractivity contribution in [2.45, 2.75) is 19.8 Å². The van der Waals surface area contributed by atoms with Gasteiger partial charge >= 0.3 is 17.6 Å². The molecule has 1 N–H and O–H groups in total. The van der Waals surface area contributed by atoms with Gasteiger partial charge in [0.25, 0.3) is 5.69 Å². The number of hydrogen-bond donors (Lipinski definition) is 1. The number of carbonyl (C=O) groups is 3. The first-order chi connectivity index (χ1) is 18.5. The van der Waals surface area contributed by atoms with Gasteiger partial charge < -0.3 is 24.4 Å². The Hall–Kier alpha value is -5.15. The lowest BCUT2D eigenvalue weighted by atomic mass is 10.1. The number of amides is 1. The number of benzene rings is 2. The van der Waals surface area contributed by atoms with E-state index in [1.807, 2.05) is 0 Å². The van der Waals surface area contributed by atoms with Crippen molar-refractivity contribution in [2.24, 2.45) is 10.2 Å². The number of hydrogen-bond acceptors (Lipinski definition) is 13. The molecule has 0 aliphatic carbocycles. The van der Waals surface area contributed by atoms with Gasteiger partial charge in [0.05, 0.1) is 61.5 Å². The quantitative estimate of drug-likeness (QED) is 0.165. The molecule has 16 heteroatoms. The zero-order chi connectivity index (χ0) is 29.1. The van der Waals surface area contributed by atoms with Crippen molar-refractivity contribution in [3.05, 3.63) is 50.6 Å². The Morgan fingerprint density at radius 2 is 1.49 bits per heavy atom. The Morgan fingerprint density at radius 3 is 1.97 bits per heavy atom. The molecule has 0 bridgehead atoms. The van der Waals surface area contributed by atoms with Crippen LogP contribution in [-0.4, -0.2) is 62.1 Å². The molecule has 0 fully saturated rings. The van der Waals surface area contributed by atoms with Crippen molar-refractivity contribution in [1.82, 2.24) is 0 Å². The van der Waals surface area contributed by atoms with E-state index >= 15 is 0 Å². The lowest BCUT2D eigenvalue weighted by Crippen LogP contribution is -2.29. The van der Waals surface area contributed by atoms with Crippen LogP contribution in [0.2, 0.25) is 0 Å². The molecular weight excluding hydrogens is 520 g/mol. The highest BCUT2D eigenvalue weighted by Gasteiger charge is 2.22. The molecule has 16 nitrogen and oxygen atoms in total. The zero-order valence-corrected chi connectivity index (χ0v) is 21.5. The monoisotopic (exact) mass is 546 g/mol. The van der Waals surface area contributed by atoms with E-state index in [1.165, 1.54) is 40.4 Å². The van der Waals surface area contributed by atoms with Crippen LogP contribution in [0.15, 0.2) is 40.6 Å². The summed E-state index contributed by atoms with van der Waals surface area (Å²) in [5.41, 5.74) is -0.847. The van der Waals surface area contributed by atoms with E-state index in [0.29, 0.717) is 5.69 Å². The molecule has 0 aliphatic heterocycles. The molecule has 0 spiro atoms. The summed E-state index contributed by atoms with van der Waals surface area (Å²) in [6.45, 7) is 1.49. The highest BCUT2D eigenvalue weighted by atomic mass is 16.6. The fourth-order valence-electron chi connectivity index (χ4n) is 3.31. The van der Waals surface area contributed by atoms with Gasteiger partial charge in [0.1, 0.15) is 11.4 Å². The number of esters is 2. The topological polar surface area (TPSA) is 205 Å². The summed E-state index contributed by atoms with van der Waals surface area (Å²) in [5.74, 6) is -1.24. The van der Waals surface area contributed by atoms with Crippen LogP contribution in [0.5, 0.6) is 5.75 Å². The third kappa shape index (κ3) is 8.44. The summed E-state index contributed by atoms with van der Waals surface area (Å²) in [7, 11) is 3.84. The molecular formula is C23H26N6O10. The van der Waals surface area contributed by atoms with Gasteiger partial charge in [0.15, 0.2) is 5.69 Å². The van der Waals surface area contributed by atoms with Crippen molar-refractivity contribution in [2.75, 3.05) is 44.6 Å². The van der Waals surface area contributed by atoms with Crippen molar-refractivity contribution >= 4 is 52.0 Å². The van der Waals surface area contributed by atoms with E-state index in [0.717, 1.165) is 18.2 Å². The second kappa shape index (κ2) is 14.0. The van der Waals surface area contributed by atoms with E-state index in [9.17, 15) is 34.6 Å². The predicted molar refractivity (Wildman–Crippen MR) is 137 cm³/mol. The van der Waals surface area contributed by atoms with Gasteiger partial charge in [-0.15, -0.1) is 10.2 Å². The number of azo groups is 1. The fraction of sp³-hybridized carbons (Fsp3) is 0.348. The van der Waals surface area contributed by atoms with Crippen LogP contribution in [-0.2, 0) is 23.9 Å². The van der Waals surface area contributed by atoms with Gasteiger partial charge in [0.2, 0.25) is 5.91 Å². The molecule has 2 rings (SSSR count). The largest absolute Gasteiger partial charge is 0.494 e. The maximum atomic E-state index is 11.9.